The summed E-state index contributed by atoms with van der Waals surface area (Å²) in [6.07, 6.45) is 3.76. The largest absolute Gasteiger partial charge is 0.468 e. The Bertz CT molecular complexity index is 372. The standard InChI is InChI=1S/C16H26O5/c1-10(2)9-12(11-7-5-6-8-13(11)17)14(15(18)20-3)16(19)21-4/h10-12,14H,5-9H2,1-4H3/t11-,12-/m0/s1. The van der Waals surface area contributed by atoms with Crippen LogP contribution in [0.5, 0.6) is 0 Å². The van der Waals surface area contributed by atoms with Crippen molar-refractivity contribution in [3.05, 3.63) is 0 Å². The molecule has 5 nitrogen and oxygen atoms in total. The third kappa shape index (κ3) is 4.55. The molecule has 0 amide bonds. The van der Waals surface area contributed by atoms with E-state index in [1.807, 2.05) is 13.8 Å². The highest BCUT2D eigenvalue weighted by atomic mass is 16.5. The molecule has 0 spiro atoms. The Hall–Kier alpha value is -1.39. The second-order valence-corrected chi connectivity index (χ2v) is 6.14. The molecule has 1 aliphatic carbocycles. The Morgan fingerprint density at radius 2 is 1.71 bits per heavy atom. The van der Waals surface area contributed by atoms with Gasteiger partial charge < -0.3 is 9.47 Å². The molecule has 1 aliphatic rings. The molecule has 1 rings (SSSR count). The zero-order chi connectivity index (χ0) is 16.0. The maximum Gasteiger partial charge on any atom is 0.320 e. The zero-order valence-electron chi connectivity index (χ0n) is 13.4. The molecule has 21 heavy (non-hydrogen) atoms. The van der Waals surface area contributed by atoms with Crippen molar-refractivity contribution in [2.45, 2.75) is 46.0 Å². The Kier molecular flexibility index (Phi) is 6.85. The summed E-state index contributed by atoms with van der Waals surface area (Å²) in [4.78, 5) is 36.3. The highest BCUT2D eigenvalue weighted by molar-refractivity contribution is 5.96. The summed E-state index contributed by atoms with van der Waals surface area (Å²) in [5.41, 5.74) is 0. The lowest BCUT2D eigenvalue weighted by molar-refractivity contribution is -0.163. The Labute approximate surface area is 126 Å². The molecule has 0 saturated heterocycles. The predicted molar refractivity (Wildman–Crippen MR) is 77.4 cm³/mol. The number of hydrogen-bond acceptors (Lipinski definition) is 5. The summed E-state index contributed by atoms with van der Waals surface area (Å²) in [6, 6.07) is 0. The minimum Gasteiger partial charge on any atom is -0.468 e. The van der Waals surface area contributed by atoms with Gasteiger partial charge in [-0.2, -0.15) is 0 Å². The number of methoxy groups -OCH3 is 2. The van der Waals surface area contributed by atoms with E-state index >= 15 is 0 Å². The van der Waals surface area contributed by atoms with Crippen molar-refractivity contribution in [1.82, 2.24) is 0 Å². The van der Waals surface area contributed by atoms with Gasteiger partial charge >= 0.3 is 11.9 Å². The molecule has 0 bridgehead atoms. The molecule has 5 heteroatoms. The highest BCUT2D eigenvalue weighted by Gasteiger charge is 2.43. The third-order valence-corrected chi connectivity index (χ3v) is 4.20. The van der Waals surface area contributed by atoms with E-state index in [0.29, 0.717) is 12.8 Å². The van der Waals surface area contributed by atoms with Gasteiger partial charge in [-0.15, -0.1) is 0 Å². The Balaban J connectivity index is 3.09. The predicted octanol–water partition coefficient (Wildman–Crippen LogP) is 2.37. The van der Waals surface area contributed by atoms with Crippen molar-refractivity contribution < 1.29 is 23.9 Å². The molecule has 1 saturated carbocycles. The van der Waals surface area contributed by atoms with E-state index in [1.165, 1.54) is 14.2 Å². The first-order valence-electron chi connectivity index (χ1n) is 7.60. The normalized spacial score (nSPS) is 20.5. The van der Waals surface area contributed by atoms with Gasteiger partial charge in [0.1, 0.15) is 5.78 Å². The number of rotatable bonds is 6. The second kappa shape index (κ2) is 8.15. The van der Waals surface area contributed by atoms with Crippen LogP contribution in [0.15, 0.2) is 0 Å². The number of ether oxygens (including phenoxy) is 2. The molecule has 2 atom stereocenters. The van der Waals surface area contributed by atoms with Crippen molar-refractivity contribution in [2.24, 2.45) is 23.7 Å². The number of carbonyl (C=O) groups excluding carboxylic acids is 3. The minimum absolute atomic E-state index is 0.157. The van der Waals surface area contributed by atoms with Gasteiger partial charge in [0.15, 0.2) is 5.92 Å². The van der Waals surface area contributed by atoms with Gasteiger partial charge in [0.2, 0.25) is 0 Å². The maximum atomic E-state index is 12.2. The summed E-state index contributed by atoms with van der Waals surface area (Å²) in [5.74, 6) is -2.36. The van der Waals surface area contributed by atoms with Crippen LogP contribution < -0.4 is 0 Å². The fraction of sp³-hybridized carbons (Fsp3) is 0.812. The molecule has 0 aliphatic heterocycles. The van der Waals surface area contributed by atoms with Crippen molar-refractivity contribution in [3.63, 3.8) is 0 Å². The summed E-state index contributed by atoms with van der Waals surface area (Å²) in [7, 11) is 2.51. The number of Topliss-reactive ketones (excluding diaryl/α,β-unsaturated/α-hetero) is 1. The smallest absolute Gasteiger partial charge is 0.320 e. The van der Waals surface area contributed by atoms with E-state index in [0.717, 1.165) is 19.3 Å². The van der Waals surface area contributed by atoms with E-state index in [1.54, 1.807) is 0 Å². The van der Waals surface area contributed by atoms with Gasteiger partial charge in [0, 0.05) is 12.3 Å². The summed E-state index contributed by atoms with van der Waals surface area (Å²) >= 11 is 0. The van der Waals surface area contributed by atoms with Gasteiger partial charge in [-0.05, 0) is 31.1 Å². The average Bonchev–Trinajstić information content (AvgIpc) is 2.46. The van der Waals surface area contributed by atoms with Crippen LogP contribution >= 0.6 is 0 Å². The van der Waals surface area contributed by atoms with E-state index in [2.05, 4.69) is 0 Å². The summed E-state index contributed by atoms with van der Waals surface area (Å²) in [5, 5.41) is 0. The minimum atomic E-state index is -1.01. The molecular weight excluding hydrogens is 272 g/mol. The number of esters is 2. The SMILES string of the molecule is COC(=O)C(C(=O)OC)[C@@H](CC(C)C)[C@@H]1CCCCC1=O. The van der Waals surface area contributed by atoms with Crippen molar-refractivity contribution in [2.75, 3.05) is 14.2 Å². The van der Waals surface area contributed by atoms with Crippen LogP contribution in [-0.2, 0) is 23.9 Å². The summed E-state index contributed by atoms with van der Waals surface area (Å²) in [6.45, 7) is 4.04. The maximum absolute atomic E-state index is 12.2. The molecule has 0 heterocycles. The lowest BCUT2D eigenvalue weighted by Gasteiger charge is -2.33. The number of hydrogen-bond donors (Lipinski definition) is 0. The average molecular weight is 298 g/mol. The van der Waals surface area contributed by atoms with Crippen LogP contribution in [0, 0.1) is 23.7 Å². The molecule has 0 aromatic rings. The van der Waals surface area contributed by atoms with Crippen LogP contribution in [0.4, 0.5) is 0 Å². The first kappa shape index (κ1) is 17.7. The second-order valence-electron chi connectivity index (χ2n) is 6.14. The third-order valence-electron chi connectivity index (χ3n) is 4.20. The van der Waals surface area contributed by atoms with Crippen LogP contribution in [0.3, 0.4) is 0 Å². The van der Waals surface area contributed by atoms with Gasteiger partial charge in [0.05, 0.1) is 14.2 Å². The molecule has 120 valence electrons. The van der Waals surface area contributed by atoms with Crippen LogP contribution in [0.1, 0.15) is 46.0 Å². The van der Waals surface area contributed by atoms with E-state index in [9.17, 15) is 14.4 Å². The van der Waals surface area contributed by atoms with Crippen molar-refractivity contribution >= 4 is 17.7 Å². The lowest BCUT2D eigenvalue weighted by atomic mass is 9.70. The first-order chi connectivity index (χ1) is 9.92. The van der Waals surface area contributed by atoms with Crippen LogP contribution in [-0.4, -0.2) is 31.9 Å². The molecule has 0 unspecified atom stereocenters. The molecule has 0 N–H and O–H groups in total. The Morgan fingerprint density at radius 3 is 2.14 bits per heavy atom. The molecule has 0 aromatic carbocycles. The first-order valence-corrected chi connectivity index (χ1v) is 7.60. The van der Waals surface area contributed by atoms with Gasteiger partial charge in [-0.1, -0.05) is 20.3 Å². The number of ketones is 1. The molecule has 1 fully saturated rings. The van der Waals surface area contributed by atoms with Gasteiger partial charge in [-0.25, -0.2) is 0 Å². The van der Waals surface area contributed by atoms with Crippen LogP contribution in [0.25, 0.3) is 0 Å². The van der Waals surface area contributed by atoms with E-state index in [-0.39, 0.29) is 23.5 Å². The van der Waals surface area contributed by atoms with Gasteiger partial charge in [0.25, 0.3) is 0 Å². The fourth-order valence-corrected chi connectivity index (χ4v) is 3.24. The molecule has 0 aromatic heterocycles. The molecular formula is C16H26O5. The summed E-state index contributed by atoms with van der Waals surface area (Å²) < 4.78 is 9.55. The quantitative estimate of drug-likeness (QED) is 0.556. The molecule has 0 radical (unpaired) electrons. The number of carbonyl (C=O) groups is 3. The van der Waals surface area contributed by atoms with Gasteiger partial charge in [-0.3, -0.25) is 14.4 Å². The zero-order valence-corrected chi connectivity index (χ0v) is 13.4. The van der Waals surface area contributed by atoms with E-state index in [4.69, 9.17) is 9.47 Å². The monoisotopic (exact) mass is 298 g/mol. The van der Waals surface area contributed by atoms with Crippen LogP contribution in [0.2, 0.25) is 0 Å². The lowest BCUT2D eigenvalue weighted by Crippen LogP contribution is -2.41. The van der Waals surface area contributed by atoms with Crippen molar-refractivity contribution in [3.8, 4) is 0 Å². The van der Waals surface area contributed by atoms with Crippen molar-refractivity contribution in [1.29, 1.82) is 0 Å². The highest BCUT2D eigenvalue weighted by Crippen LogP contribution is 2.37. The topological polar surface area (TPSA) is 69.7 Å². The van der Waals surface area contributed by atoms with E-state index < -0.39 is 17.9 Å². The fourth-order valence-electron chi connectivity index (χ4n) is 3.24. The Morgan fingerprint density at radius 1 is 1.14 bits per heavy atom.